The summed E-state index contributed by atoms with van der Waals surface area (Å²) in [5.41, 5.74) is 9.95. The van der Waals surface area contributed by atoms with Gasteiger partial charge >= 0.3 is 5.04 Å². The summed E-state index contributed by atoms with van der Waals surface area (Å²) in [6, 6.07) is 19.3. The molecule has 1 aromatic heterocycles. The van der Waals surface area contributed by atoms with E-state index in [1.807, 2.05) is 36.4 Å². The van der Waals surface area contributed by atoms with Crippen molar-refractivity contribution in [2.45, 2.75) is 4.90 Å². The molecule has 126 valence electrons. The molecule has 3 aromatic carbocycles. The fourth-order valence-electron chi connectivity index (χ4n) is 2.74. The molecule has 0 unspecified atom stereocenters. The number of rotatable bonds is 2. The van der Waals surface area contributed by atoms with Crippen LogP contribution in [0.4, 0.5) is 0 Å². The largest absolute Gasteiger partial charge is 0.453 e. The predicted molar refractivity (Wildman–Crippen MR) is 98.4 cm³/mol. The molecule has 6 nitrogen and oxygen atoms in total. The van der Waals surface area contributed by atoms with E-state index in [0.29, 0.717) is 5.52 Å². The summed E-state index contributed by atoms with van der Waals surface area (Å²) in [7, 11) is -4.09. The van der Waals surface area contributed by atoms with Gasteiger partial charge in [-0.1, -0.05) is 48.5 Å². The molecule has 0 N–H and O–H groups in total. The Morgan fingerprint density at radius 1 is 0.885 bits per heavy atom. The molecule has 0 aliphatic rings. The maximum absolute atomic E-state index is 13.0. The van der Waals surface area contributed by atoms with Crippen molar-refractivity contribution < 1.29 is 13.2 Å². The number of benzene rings is 3. The van der Waals surface area contributed by atoms with Gasteiger partial charge in [0.2, 0.25) is 0 Å². The van der Waals surface area contributed by atoms with E-state index in [4.69, 9.17) is 0 Å². The third-order valence-corrected chi connectivity index (χ3v) is 5.70. The molecule has 0 saturated carbocycles. The lowest BCUT2D eigenvalue weighted by Gasteiger charge is -2.03. The second-order valence-electron chi connectivity index (χ2n) is 5.67. The summed E-state index contributed by atoms with van der Waals surface area (Å²) in [6.07, 6.45) is 1.50. The van der Waals surface area contributed by atoms with Gasteiger partial charge in [0, 0.05) is 11.6 Å². The molecule has 1 heterocycles. The van der Waals surface area contributed by atoms with Gasteiger partial charge in [-0.3, -0.25) is 0 Å². The molecule has 0 aliphatic heterocycles. The molecule has 0 atom stereocenters. The van der Waals surface area contributed by atoms with Crippen LogP contribution < -0.4 is 0 Å². The molecule has 0 amide bonds. The Morgan fingerprint density at radius 2 is 1.58 bits per heavy atom. The van der Waals surface area contributed by atoms with Gasteiger partial charge in [-0.05, 0) is 29.0 Å². The second kappa shape index (κ2) is 6.15. The topological polar surface area (TPSA) is 96.3 Å². The van der Waals surface area contributed by atoms with Gasteiger partial charge in [-0.25, -0.2) is 18.4 Å². The molecule has 4 aromatic rings. The Labute approximate surface area is 149 Å². The van der Waals surface area contributed by atoms with E-state index in [9.17, 15) is 13.9 Å². The number of fused-ring (bicyclic) bond motifs is 2. The Bertz CT molecular complexity index is 1310. The van der Waals surface area contributed by atoms with Crippen LogP contribution in [0.1, 0.15) is 5.82 Å². The lowest BCUT2D eigenvalue weighted by atomic mass is 10.1. The Kier molecular flexibility index (Phi) is 3.80. The number of para-hydroxylation sites is 1. The van der Waals surface area contributed by atoms with Crippen molar-refractivity contribution in [2.75, 3.05) is 0 Å². The zero-order valence-electron chi connectivity index (χ0n) is 13.4. The van der Waals surface area contributed by atoms with Crippen LogP contribution in [-0.2, 0) is 9.84 Å². The normalized spacial score (nSPS) is 11.4. The van der Waals surface area contributed by atoms with Crippen molar-refractivity contribution in [3.8, 4) is 0 Å². The number of aromatic nitrogens is 2. The average Bonchev–Trinajstić information content (AvgIpc) is 2.68. The maximum atomic E-state index is 13.0. The third kappa shape index (κ3) is 2.65. The zero-order valence-corrected chi connectivity index (χ0v) is 14.3. The van der Waals surface area contributed by atoms with Gasteiger partial charge < -0.3 is 5.53 Å². The van der Waals surface area contributed by atoms with Gasteiger partial charge in [0.1, 0.15) is 0 Å². The second-order valence-corrected chi connectivity index (χ2v) is 7.53. The van der Waals surface area contributed by atoms with Crippen LogP contribution in [0.5, 0.6) is 0 Å². The number of nitrogens with zero attached hydrogens (tertiary/aromatic N) is 4. The quantitative estimate of drug-likeness (QED) is 0.237. The first-order valence-corrected chi connectivity index (χ1v) is 9.26. The summed E-state index contributed by atoms with van der Waals surface area (Å²) in [5, 5.41) is 1.86. The molecule has 0 spiro atoms. The van der Waals surface area contributed by atoms with Crippen molar-refractivity contribution in [1.29, 1.82) is 0 Å². The summed E-state index contributed by atoms with van der Waals surface area (Å²) < 4.78 is 25.9. The summed E-state index contributed by atoms with van der Waals surface area (Å²) in [5.74, 6) is -0.153. The van der Waals surface area contributed by atoms with Gasteiger partial charge in [-0.15, -0.1) is 4.79 Å². The highest BCUT2D eigenvalue weighted by atomic mass is 32.2. The van der Waals surface area contributed by atoms with Gasteiger partial charge in [0.05, 0.1) is 10.4 Å². The highest BCUT2D eigenvalue weighted by molar-refractivity contribution is 8.06. The summed E-state index contributed by atoms with van der Waals surface area (Å²) in [6.45, 7) is 0. The minimum Gasteiger partial charge on any atom is -0.360 e. The summed E-state index contributed by atoms with van der Waals surface area (Å²) >= 11 is 0. The molecule has 4 rings (SSSR count). The number of hydrogen-bond acceptors (Lipinski definition) is 4. The molecule has 0 fully saturated rings. The van der Waals surface area contributed by atoms with E-state index < -0.39 is 14.9 Å². The molecule has 0 radical (unpaired) electrons. The van der Waals surface area contributed by atoms with Crippen LogP contribution in [0.2, 0.25) is 0 Å². The monoisotopic (exact) mass is 360 g/mol. The minimum atomic E-state index is -4.09. The Morgan fingerprint density at radius 3 is 2.35 bits per heavy atom. The highest BCUT2D eigenvalue weighted by Crippen LogP contribution is 2.22. The van der Waals surface area contributed by atoms with E-state index >= 15 is 0 Å². The van der Waals surface area contributed by atoms with E-state index in [1.54, 1.807) is 18.2 Å². The molecular weight excluding hydrogens is 348 g/mol. The zero-order chi connectivity index (χ0) is 18.1. The average molecular weight is 360 g/mol. The first kappa shape index (κ1) is 16.1. The van der Waals surface area contributed by atoms with Crippen molar-refractivity contribution in [2.24, 2.45) is 0 Å². The lowest BCUT2D eigenvalue weighted by Crippen LogP contribution is -2.20. The van der Waals surface area contributed by atoms with Crippen LogP contribution in [0.15, 0.2) is 77.8 Å². The van der Waals surface area contributed by atoms with Gasteiger partial charge in [0.15, 0.2) is 0 Å². The smallest absolute Gasteiger partial charge is 0.360 e. The standard InChI is InChI=1S/C19H12N4O2S/c20-23-19(18-21-12-15-7-3-4-8-17(15)22-18)26(24,25)16-10-9-13-5-1-2-6-14(13)11-16/h1-12H. The van der Waals surface area contributed by atoms with Crippen LogP contribution in [0, 0.1) is 0 Å². The molecule has 0 saturated heterocycles. The molecule has 0 bridgehead atoms. The fourth-order valence-corrected chi connectivity index (χ4v) is 3.94. The van der Waals surface area contributed by atoms with Crippen LogP contribution in [0.25, 0.3) is 27.2 Å². The van der Waals surface area contributed by atoms with Crippen molar-refractivity contribution in [3.05, 3.63) is 84.3 Å². The van der Waals surface area contributed by atoms with Crippen molar-refractivity contribution in [3.63, 3.8) is 0 Å². The lowest BCUT2D eigenvalue weighted by molar-refractivity contribution is -0.0000330. The van der Waals surface area contributed by atoms with E-state index in [0.717, 1.165) is 16.2 Å². The molecular formula is C19H12N4O2S. The van der Waals surface area contributed by atoms with Gasteiger partial charge in [0.25, 0.3) is 15.7 Å². The van der Waals surface area contributed by atoms with Gasteiger partial charge in [-0.2, -0.15) is 0 Å². The summed E-state index contributed by atoms with van der Waals surface area (Å²) in [4.78, 5) is 11.3. The SMILES string of the molecule is [N-]=[N+]=C(c1ncc2ccccc2n1)S(=O)(=O)c1ccc2ccccc2c1. The van der Waals surface area contributed by atoms with Crippen LogP contribution in [-0.4, -0.2) is 28.2 Å². The first-order valence-electron chi connectivity index (χ1n) is 7.78. The molecule has 7 heteroatoms. The van der Waals surface area contributed by atoms with Crippen LogP contribution in [0.3, 0.4) is 0 Å². The Hall–Kier alpha value is -3.41. The van der Waals surface area contributed by atoms with Crippen molar-refractivity contribution in [1.82, 2.24) is 9.97 Å². The third-order valence-electron chi connectivity index (χ3n) is 4.06. The fraction of sp³-hybridized carbons (Fsp3) is 0. The van der Waals surface area contributed by atoms with Crippen molar-refractivity contribution >= 4 is 36.6 Å². The first-order chi connectivity index (χ1) is 12.6. The Balaban J connectivity index is 1.86. The van der Waals surface area contributed by atoms with E-state index in [2.05, 4.69) is 14.8 Å². The van der Waals surface area contributed by atoms with E-state index in [-0.39, 0.29) is 10.7 Å². The minimum absolute atomic E-state index is 0.0146. The molecule has 0 aliphatic carbocycles. The van der Waals surface area contributed by atoms with Crippen LogP contribution >= 0.6 is 0 Å². The number of sulfone groups is 1. The molecule has 26 heavy (non-hydrogen) atoms. The highest BCUT2D eigenvalue weighted by Gasteiger charge is 2.35. The predicted octanol–water partition coefficient (Wildman–Crippen LogP) is 3.23. The van der Waals surface area contributed by atoms with E-state index in [1.165, 1.54) is 18.3 Å². The maximum Gasteiger partial charge on any atom is 0.453 e. The number of hydrogen-bond donors (Lipinski definition) is 0.